The van der Waals surface area contributed by atoms with Crippen LogP contribution in [0.2, 0.25) is 0 Å². The van der Waals surface area contributed by atoms with Gasteiger partial charge in [-0.15, -0.1) is 11.3 Å². The highest BCUT2D eigenvalue weighted by Gasteiger charge is 2.32. The van der Waals surface area contributed by atoms with Gasteiger partial charge in [-0.25, -0.2) is 8.42 Å². The summed E-state index contributed by atoms with van der Waals surface area (Å²) in [4.78, 5) is 0. The van der Waals surface area contributed by atoms with Crippen LogP contribution in [0.4, 0.5) is 0 Å². The molecule has 1 aliphatic heterocycles. The van der Waals surface area contributed by atoms with Crippen LogP contribution in [0.1, 0.15) is 25.8 Å². The number of aliphatic hydroxyl groups is 1. The van der Waals surface area contributed by atoms with Gasteiger partial charge < -0.3 is 5.11 Å². The maximum Gasteiger partial charge on any atom is 0.252 e. The molecule has 18 heavy (non-hydrogen) atoms. The van der Waals surface area contributed by atoms with Crippen molar-refractivity contribution >= 4 is 21.4 Å². The smallest absolute Gasteiger partial charge is 0.252 e. The zero-order valence-corrected chi connectivity index (χ0v) is 12.3. The second kappa shape index (κ2) is 5.28. The molecule has 6 heteroatoms. The summed E-state index contributed by atoms with van der Waals surface area (Å²) in [5.41, 5.74) is 0.664. The van der Waals surface area contributed by atoms with Crippen LogP contribution in [-0.4, -0.2) is 30.9 Å². The lowest BCUT2D eigenvalue weighted by Crippen LogP contribution is -2.41. The molecule has 0 aliphatic carbocycles. The molecule has 2 rings (SSSR count). The van der Waals surface area contributed by atoms with Crippen molar-refractivity contribution < 1.29 is 13.5 Å². The second-order valence-corrected chi connectivity index (χ2v) is 8.11. The van der Waals surface area contributed by atoms with Crippen LogP contribution in [0.25, 0.3) is 0 Å². The first-order chi connectivity index (χ1) is 8.45. The van der Waals surface area contributed by atoms with Crippen molar-refractivity contribution in [2.75, 3.05) is 13.1 Å². The standard InChI is InChI=1S/C12H19NO3S2/c1-9-3-4-13(6-10(9)2)18(15,16)12-5-11(7-14)8-17-12/h5,8-10,14H,3-4,6-7H2,1-2H3. The van der Waals surface area contributed by atoms with Crippen molar-refractivity contribution in [3.05, 3.63) is 17.0 Å². The Bertz CT molecular complexity index is 509. The summed E-state index contributed by atoms with van der Waals surface area (Å²) >= 11 is 1.19. The Hall–Kier alpha value is -0.430. The Kier molecular flexibility index (Phi) is 4.11. The largest absolute Gasteiger partial charge is 0.392 e. The molecule has 1 N–H and O–H groups in total. The third-order valence-electron chi connectivity index (χ3n) is 3.70. The van der Waals surface area contributed by atoms with Gasteiger partial charge in [-0.3, -0.25) is 0 Å². The van der Waals surface area contributed by atoms with E-state index in [-0.39, 0.29) is 6.61 Å². The highest BCUT2D eigenvalue weighted by molar-refractivity contribution is 7.91. The lowest BCUT2D eigenvalue weighted by atomic mass is 9.90. The Labute approximate surface area is 112 Å². The van der Waals surface area contributed by atoms with Crippen molar-refractivity contribution in [3.63, 3.8) is 0 Å². The van der Waals surface area contributed by atoms with E-state index in [4.69, 9.17) is 5.11 Å². The highest BCUT2D eigenvalue weighted by atomic mass is 32.2. The van der Waals surface area contributed by atoms with Gasteiger partial charge in [-0.05, 0) is 35.3 Å². The minimum Gasteiger partial charge on any atom is -0.392 e. The third-order valence-corrected chi connectivity index (χ3v) is 7.03. The Balaban J connectivity index is 2.21. The van der Waals surface area contributed by atoms with Crippen molar-refractivity contribution in [1.82, 2.24) is 4.31 Å². The fraction of sp³-hybridized carbons (Fsp3) is 0.667. The number of rotatable bonds is 3. The first-order valence-corrected chi connectivity index (χ1v) is 8.45. The highest BCUT2D eigenvalue weighted by Crippen LogP contribution is 2.30. The van der Waals surface area contributed by atoms with Crippen LogP contribution >= 0.6 is 11.3 Å². The van der Waals surface area contributed by atoms with Crippen molar-refractivity contribution in [2.45, 2.75) is 31.1 Å². The fourth-order valence-electron chi connectivity index (χ4n) is 2.14. The summed E-state index contributed by atoms with van der Waals surface area (Å²) < 4.78 is 26.8. The number of piperidine rings is 1. The van der Waals surface area contributed by atoms with Crippen LogP contribution in [-0.2, 0) is 16.6 Å². The molecule has 1 aromatic rings. The number of thiophene rings is 1. The average Bonchev–Trinajstić information content (AvgIpc) is 2.81. The number of hydrogen-bond acceptors (Lipinski definition) is 4. The molecule has 4 nitrogen and oxygen atoms in total. The quantitative estimate of drug-likeness (QED) is 0.924. The summed E-state index contributed by atoms with van der Waals surface area (Å²) in [6, 6.07) is 1.57. The van der Waals surface area contributed by atoms with Crippen LogP contribution < -0.4 is 0 Å². The molecule has 0 bridgehead atoms. The van der Waals surface area contributed by atoms with Crippen LogP contribution in [0, 0.1) is 11.8 Å². The zero-order valence-electron chi connectivity index (χ0n) is 10.7. The summed E-state index contributed by atoms with van der Waals surface area (Å²) in [6.07, 6.45) is 0.915. The fourth-order valence-corrected chi connectivity index (χ4v) is 5.05. The Morgan fingerprint density at radius 2 is 2.17 bits per heavy atom. The van der Waals surface area contributed by atoms with Crippen LogP contribution in [0.3, 0.4) is 0 Å². The first-order valence-electron chi connectivity index (χ1n) is 6.13. The topological polar surface area (TPSA) is 57.6 Å². The number of hydrogen-bond donors (Lipinski definition) is 1. The van der Waals surface area contributed by atoms with Gasteiger partial charge >= 0.3 is 0 Å². The van der Waals surface area contributed by atoms with Gasteiger partial charge in [0, 0.05) is 13.1 Å². The normalized spacial score (nSPS) is 26.4. The molecule has 102 valence electrons. The Morgan fingerprint density at radius 3 is 2.72 bits per heavy atom. The zero-order chi connectivity index (χ0) is 13.3. The molecular weight excluding hydrogens is 270 g/mol. The average molecular weight is 289 g/mol. The van der Waals surface area contributed by atoms with E-state index < -0.39 is 10.0 Å². The molecule has 2 unspecified atom stereocenters. The van der Waals surface area contributed by atoms with Gasteiger partial charge in [0.15, 0.2) is 0 Å². The SMILES string of the molecule is CC1CCN(S(=O)(=O)c2cc(CO)cs2)CC1C. The molecule has 0 spiro atoms. The van der Waals surface area contributed by atoms with E-state index in [0.29, 0.717) is 34.7 Å². The molecule has 0 amide bonds. The van der Waals surface area contributed by atoms with Crippen molar-refractivity contribution in [1.29, 1.82) is 0 Å². The van der Waals surface area contributed by atoms with Gasteiger partial charge in [0.2, 0.25) is 0 Å². The van der Waals surface area contributed by atoms with Crippen LogP contribution in [0.5, 0.6) is 0 Å². The van der Waals surface area contributed by atoms with Crippen LogP contribution in [0.15, 0.2) is 15.7 Å². The van der Waals surface area contributed by atoms with E-state index >= 15 is 0 Å². The molecule has 0 radical (unpaired) electrons. The van der Waals surface area contributed by atoms with E-state index in [9.17, 15) is 8.42 Å². The molecule has 0 aromatic carbocycles. The van der Waals surface area contributed by atoms with E-state index in [2.05, 4.69) is 13.8 Å². The minimum atomic E-state index is -3.37. The maximum absolute atomic E-state index is 12.4. The molecule has 1 fully saturated rings. The molecule has 1 saturated heterocycles. The molecule has 2 atom stereocenters. The summed E-state index contributed by atoms with van der Waals surface area (Å²) in [7, 11) is -3.37. The molecule has 2 heterocycles. The van der Waals surface area contributed by atoms with E-state index in [1.54, 1.807) is 15.8 Å². The summed E-state index contributed by atoms with van der Waals surface area (Å²) in [6.45, 7) is 5.35. The van der Waals surface area contributed by atoms with Gasteiger partial charge in [-0.2, -0.15) is 4.31 Å². The van der Waals surface area contributed by atoms with Crippen molar-refractivity contribution in [2.24, 2.45) is 11.8 Å². The van der Waals surface area contributed by atoms with Gasteiger partial charge in [0.25, 0.3) is 10.0 Å². The van der Waals surface area contributed by atoms with E-state index in [1.807, 2.05) is 0 Å². The molecule has 1 aliphatic rings. The minimum absolute atomic E-state index is 0.112. The summed E-state index contributed by atoms with van der Waals surface area (Å²) in [5, 5.41) is 10.7. The molecule has 1 aromatic heterocycles. The first kappa shape index (κ1) is 14.0. The molecule has 0 saturated carbocycles. The van der Waals surface area contributed by atoms with Gasteiger partial charge in [-0.1, -0.05) is 13.8 Å². The lowest BCUT2D eigenvalue weighted by Gasteiger charge is -2.34. The Morgan fingerprint density at radius 1 is 1.44 bits per heavy atom. The van der Waals surface area contributed by atoms with E-state index in [1.165, 1.54) is 11.3 Å². The van der Waals surface area contributed by atoms with Gasteiger partial charge in [0.1, 0.15) is 4.21 Å². The molecular formula is C12H19NO3S2. The third kappa shape index (κ3) is 2.61. The predicted molar refractivity (Wildman–Crippen MR) is 71.9 cm³/mol. The second-order valence-electron chi connectivity index (χ2n) is 5.04. The maximum atomic E-state index is 12.4. The van der Waals surface area contributed by atoms with Crippen molar-refractivity contribution in [3.8, 4) is 0 Å². The lowest BCUT2D eigenvalue weighted by molar-refractivity contribution is 0.213. The number of aliphatic hydroxyl groups excluding tert-OH is 1. The predicted octanol–water partition coefficient (Wildman–Crippen LogP) is 1.91. The number of sulfonamides is 1. The van der Waals surface area contributed by atoms with Gasteiger partial charge in [0.05, 0.1) is 6.61 Å². The van der Waals surface area contributed by atoms with E-state index in [0.717, 1.165) is 6.42 Å². The monoisotopic (exact) mass is 289 g/mol. The number of nitrogens with zero attached hydrogens (tertiary/aromatic N) is 1. The summed E-state index contributed by atoms with van der Waals surface area (Å²) in [5.74, 6) is 0.971.